The predicted octanol–water partition coefficient (Wildman–Crippen LogP) is -0.214. The van der Waals surface area contributed by atoms with Crippen molar-refractivity contribution in [3.05, 3.63) is 0 Å². The third-order valence-corrected chi connectivity index (χ3v) is 4.29. The topological polar surface area (TPSA) is 77.8 Å². The van der Waals surface area contributed by atoms with Crippen LogP contribution in [-0.4, -0.2) is 57.2 Å². The number of hydrogen-bond acceptors (Lipinski definition) is 4. The molecule has 1 amide bonds. The van der Waals surface area contributed by atoms with E-state index < -0.39 is 18.1 Å². The molecular formula is C10H15NO4S. The molecule has 2 rings (SSSR count). The van der Waals surface area contributed by atoms with Gasteiger partial charge in [-0.15, -0.1) is 0 Å². The molecule has 2 N–H and O–H groups in total. The molecule has 90 valence electrons. The Morgan fingerprint density at radius 1 is 1.38 bits per heavy atom. The molecule has 16 heavy (non-hydrogen) atoms. The van der Waals surface area contributed by atoms with Crippen LogP contribution in [0.15, 0.2) is 0 Å². The summed E-state index contributed by atoms with van der Waals surface area (Å²) < 4.78 is 0. The summed E-state index contributed by atoms with van der Waals surface area (Å²) in [6.45, 7) is 0.164. The Bertz CT molecular complexity index is 303. The van der Waals surface area contributed by atoms with E-state index in [9.17, 15) is 14.7 Å². The van der Waals surface area contributed by atoms with E-state index in [1.54, 1.807) is 11.8 Å². The van der Waals surface area contributed by atoms with Crippen molar-refractivity contribution < 1.29 is 19.8 Å². The Morgan fingerprint density at radius 2 is 2.12 bits per heavy atom. The first-order chi connectivity index (χ1) is 7.59. The fourth-order valence-electron chi connectivity index (χ4n) is 2.26. The van der Waals surface area contributed by atoms with Crippen LogP contribution in [0.3, 0.4) is 0 Å². The number of thioether (sulfide) groups is 1. The molecule has 0 bridgehead atoms. The van der Waals surface area contributed by atoms with Gasteiger partial charge in [0, 0.05) is 24.6 Å². The van der Waals surface area contributed by atoms with Gasteiger partial charge in [0.1, 0.15) is 6.04 Å². The van der Waals surface area contributed by atoms with Crippen molar-refractivity contribution in [1.82, 2.24) is 4.90 Å². The van der Waals surface area contributed by atoms with E-state index >= 15 is 0 Å². The van der Waals surface area contributed by atoms with Gasteiger partial charge in [-0.25, -0.2) is 4.79 Å². The highest BCUT2D eigenvalue weighted by molar-refractivity contribution is 7.99. The molecule has 1 unspecified atom stereocenters. The first-order valence-corrected chi connectivity index (χ1v) is 6.54. The summed E-state index contributed by atoms with van der Waals surface area (Å²) >= 11 is 1.72. The molecule has 6 heteroatoms. The van der Waals surface area contributed by atoms with Gasteiger partial charge in [0.05, 0.1) is 6.10 Å². The fraction of sp³-hybridized carbons (Fsp3) is 0.800. The summed E-state index contributed by atoms with van der Waals surface area (Å²) in [7, 11) is 0. The highest BCUT2D eigenvalue weighted by Crippen LogP contribution is 2.28. The van der Waals surface area contributed by atoms with E-state index in [1.807, 2.05) is 0 Å². The zero-order valence-corrected chi connectivity index (χ0v) is 9.65. The number of carboxylic acid groups (broad SMARTS) is 1. The highest BCUT2D eigenvalue weighted by atomic mass is 32.2. The van der Waals surface area contributed by atoms with Crippen molar-refractivity contribution in [2.75, 3.05) is 18.1 Å². The Kier molecular flexibility index (Phi) is 3.39. The fourth-order valence-corrected chi connectivity index (χ4v) is 3.47. The largest absolute Gasteiger partial charge is 0.480 e. The first kappa shape index (κ1) is 11.7. The Morgan fingerprint density at radius 3 is 2.69 bits per heavy atom. The molecule has 0 radical (unpaired) electrons. The lowest BCUT2D eigenvalue weighted by Gasteiger charge is -2.24. The van der Waals surface area contributed by atoms with Crippen LogP contribution in [0.4, 0.5) is 0 Å². The monoisotopic (exact) mass is 245 g/mol. The molecular weight excluding hydrogens is 230 g/mol. The van der Waals surface area contributed by atoms with Gasteiger partial charge in [0.25, 0.3) is 0 Å². The number of rotatable bonds is 2. The normalized spacial score (nSPS) is 34.3. The molecule has 0 aromatic carbocycles. The van der Waals surface area contributed by atoms with Gasteiger partial charge in [0.2, 0.25) is 5.91 Å². The molecule has 2 heterocycles. The molecule has 0 aromatic heterocycles. The van der Waals surface area contributed by atoms with Crippen molar-refractivity contribution >= 4 is 23.6 Å². The number of amides is 1. The average molecular weight is 245 g/mol. The number of aliphatic hydroxyl groups excluding tert-OH is 1. The van der Waals surface area contributed by atoms with E-state index in [2.05, 4.69) is 0 Å². The van der Waals surface area contributed by atoms with Crippen LogP contribution in [0.2, 0.25) is 0 Å². The molecule has 0 aliphatic carbocycles. The minimum Gasteiger partial charge on any atom is -0.480 e. The second-order valence-electron chi connectivity index (χ2n) is 4.29. The number of hydrogen-bond donors (Lipinski definition) is 2. The van der Waals surface area contributed by atoms with Crippen molar-refractivity contribution in [3.63, 3.8) is 0 Å². The maximum atomic E-state index is 12.0. The third kappa shape index (κ3) is 2.17. The van der Waals surface area contributed by atoms with Gasteiger partial charge in [-0.05, 0) is 12.2 Å². The van der Waals surface area contributed by atoms with Gasteiger partial charge in [-0.1, -0.05) is 0 Å². The summed E-state index contributed by atoms with van der Waals surface area (Å²) in [6, 6.07) is -0.840. The van der Waals surface area contributed by atoms with E-state index in [0.29, 0.717) is 0 Å². The van der Waals surface area contributed by atoms with Crippen LogP contribution >= 0.6 is 11.8 Å². The molecule has 2 aliphatic heterocycles. The number of carbonyl (C=O) groups excluding carboxylic acids is 1. The SMILES string of the molecule is O=C(O)[C@@H]1C[C@@H](O)CN1C(=O)C1CCSC1. The summed E-state index contributed by atoms with van der Waals surface area (Å²) in [6.07, 6.45) is 0.280. The smallest absolute Gasteiger partial charge is 0.326 e. The maximum Gasteiger partial charge on any atom is 0.326 e. The summed E-state index contributed by atoms with van der Waals surface area (Å²) in [5.74, 6) is 0.559. The lowest BCUT2D eigenvalue weighted by atomic mass is 10.1. The van der Waals surface area contributed by atoms with Gasteiger partial charge >= 0.3 is 5.97 Å². The highest BCUT2D eigenvalue weighted by Gasteiger charge is 2.41. The number of β-amino-alcohol motifs (C(OH)–C–C–N with tert-alkyl or cyclic N) is 1. The number of aliphatic hydroxyl groups is 1. The second kappa shape index (κ2) is 4.63. The van der Waals surface area contributed by atoms with Gasteiger partial charge in [-0.3, -0.25) is 4.79 Å². The van der Waals surface area contributed by atoms with Crippen LogP contribution in [0.5, 0.6) is 0 Å². The summed E-state index contributed by atoms with van der Waals surface area (Å²) in [5.41, 5.74) is 0. The molecule has 0 aromatic rings. The lowest BCUT2D eigenvalue weighted by molar-refractivity contribution is -0.149. The quantitative estimate of drug-likeness (QED) is 0.703. The molecule has 5 nitrogen and oxygen atoms in total. The average Bonchev–Trinajstić information content (AvgIpc) is 2.84. The Balaban J connectivity index is 2.06. The summed E-state index contributed by atoms with van der Waals surface area (Å²) in [4.78, 5) is 24.3. The number of carboxylic acids is 1. The van der Waals surface area contributed by atoms with Crippen LogP contribution in [0.25, 0.3) is 0 Å². The van der Waals surface area contributed by atoms with Crippen LogP contribution in [-0.2, 0) is 9.59 Å². The minimum atomic E-state index is -1.02. The van der Waals surface area contributed by atoms with Crippen molar-refractivity contribution in [3.8, 4) is 0 Å². The van der Waals surface area contributed by atoms with Crippen molar-refractivity contribution in [2.24, 2.45) is 5.92 Å². The lowest BCUT2D eigenvalue weighted by Crippen LogP contribution is -2.43. The van der Waals surface area contributed by atoms with Gasteiger partial charge < -0.3 is 15.1 Å². The molecule has 0 saturated carbocycles. The third-order valence-electron chi connectivity index (χ3n) is 3.13. The van der Waals surface area contributed by atoms with E-state index in [1.165, 1.54) is 4.90 Å². The molecule has 3 atom stereocenters. The Labute approximate surface area is 97.8 Å². The van der Waals surface area contributed by atoms with Crippen molar-refractivity contribution in [2.45, 2.75) is 25.0 Å². The minimum absolute atomic E-state index is 0.0582. The van der Waals surface area contributed by atoms with Crippen LogP contribution < -0.4 is 0 Å². The van der Waals surface area contributed by atoms with Crippen molar-refractivity contribution in [1.29, 1.82) is 0 Å². The number of aliphatic carboxylic acids is 1. The standard InChI is InChI=1S/C10H15NO4S/c12-7-3-8(10(14)15)11(4-7)9(13)6-1-2-16-5-6/h6-8,12H,1-5H2,(H,14,15)/t6?,7-,8+/m1/s1. The van der Waals surface area contributed by atoms with Gasteiger partial charge in [-0.2, -0.15) is 11.8 Å². The van der Waals surface area contributed by atoms with E-state index in [-0.39, 0.29) is 24.8 Å². The maximum absolute atomic E-state index is 12.0. The zero-order chi connectivity index (χ0) is 11.7. The molecule has 2 aliphatic rings. The molecule has 2 fully saturated rings. The van der Waals surface area contributed by atoms with Crippen LogP contribution in [0, 0.1) is 5.92 Å². The zero-order valence-electron chi connectivity index (χ0n) is 8.83. The van der Waals surface area contributed by atoms with E-state index in [4.69, 9.17) is 5.11 Å². The Hall–Kier alpha value is -0.750. The number of carbonyl (C=O) groups is 2. The number of nitrogens with zero attached hydrogens (tertiary/aromatic N) is 1. The first-order valence-electron chi connectivity index (χ1n) is 5.38. The van der Waals surface area contributed by atoms with Gasteiger partial charge in [0.15, 0.2) is 0 Å². The van der Waals surface area contributed by atoms with Crippen LogP contribution in [0.1, 0.15) is 12.8 Å². The number of likely N-dealkylation sites (tertiary alicyclic amines) is 1. The molecule has 2 saturated heterocycles. The summed E-state index contributed by atoms with van der Waals surface area (Å²) in [5, 5.41) is 18.4. The predicted molar refractivity (Wildman–Crippen MR) is 59.2 cm³/mol. The molecule has 0 spiro atoms. The van der Waals surface area contributed by atoms with E-state index in [0.717, 1.165) is 17.9 Å². The second-order valence-corrected chi connectivity index (χ2v) is 5.44.